The van der Waals surface area contributed by atoms with Gasteiger partial charge in [0.15, 0.2) is 5.58 Å². The molecule has 8 nitrogen and oxygen atoms in total. The van der Waals surface area contributed by atoms with Crippen LogP contribution in [0.3, 0.4) is 0 Å². The first kappa shape index (κ1) is 15.7. The lowest BCUT2D eigenvalue weighted by molar-refractivity contribution is -0.116. The number of aromatic amines is 2. The summed E-state index contributed by atoms with van der Waals surface area (Å²) in [7, 11) is 0. The monoisotopic (exact) mass is 328 g/mol. The Kier molecular flexibility index (Phi) is 4.03. The number of oxazole rings is 1. The van der Waals surface area contributed by atoms with E-state index in [1.165, 1.54) is 0 Å². The Morgan fingerprint density at radius 1 is 1.25 bits per heavy atom. The summed E-state index contributed by atoms with van der Waals surface area (Å²) in [5.74, 6) is -0.234. The topological polar surface area (TPSA) is 121 Å². The number of nitrogens with one attached hydrogen (secondary N) is 3. The van der Waals surface area contributed by atoms with E-state index in [1.54, 1.807) is 32.0 Å². The van der Waals surface area contributed by atoms with Crippen LogP contribution in [0.2, 0.25) is 0 Å². The molecule has 3 rings (SSSR count). The van der Waals surface area contributed by atoms with Crippen LogP contribution < -0.4 is 16.6 Å². The molecule has 1 aromatic carbocycles. The number of carbonyl (C=O) groups is 1. The summed E-state index contributed by atoms with van der Waals surface area (Å²) in [6.07, 6.45) is 0.444. The minimum absolute atomic E-state index is 0.147. The summed E-state index contributed by atoms with van der Waals surface area (Å²) in [6, 6.07) is 4.85. The highest BCUT2D eigenvalue weighted by Gasteiger charge is 2.10. The van der Waals surface area contributed by atoms with E-state index in [2.05, 4.69) is 20.3 Å². The van der Waals surface area contributed by atoms with E-state index in [4.69, 9.17) is 4.42 Å². The van der Waals surface area contributed by atoms with Crippen LogP contribution in [0.15, 0.2) is 32.2 Å². The lowest BCUT2D eigenvalue weighted by atomic mass is 10.1. The highest BCUT2D eigenvalue weighted by atomic mass is 16.4. The molecule has 2 heterocycles. The zero-order chi connectivity index (χ0) is 17.3. The second-order valence-electron chi connectivity index (χ2n) is 5.49. The van der Waals surface area contributed by atoms with Crippen molar-refractivity contribution < 1.29 is 9.21 Å². The fourth-order valence-electron chi connectivity index (χ4n) is 2.54. The quantitative estimate of drug-likeness (QED) is 0.668. The van der Waals surface area contributed by atoms with Crippen molar-refractivity contribution in [2.45, 2.75) is 26.7 Å². The van der Waals surface area contributed by atoms with Crippen LogP contribution in [-0.2, 0) is 11.2 Å². The lowest BCUT2D eigenvalue weighted by Crippen LogP contribution is -2.20. The number of rotatable bonds is 4. The molecule has 0 aliphatic carbocycles. The minimum atomic E-state index is -0.546. The lowest BCUT2D eigenvalue weighted by Gasteiger charge is -2.07. The molecular formula is C16H16N4O4. The van der Waals surface area contributed by atoms with Crippen LogP contribution in [-0.4, -0.2) is 20.9 Å². The highest BCUT2D eigenvalue weighted by molar-refractivity contribution is 5.92. The van der Waals surface area contributed by atoms with Gasteiger partial charge in [-0.3, -0.25) is 14.6 Å². The van der Waals surface area contributed by atoms with Gasteiger partial charge in [0.1, 0.15) is 5.82 Å². The van der Waals surface area contributed by atoms with Gasteiger partial charge >= 0.3 is 5.76 Å². The standard InChI is InChI=1S/C16H16N4O4/c1-8-11(15(22)18-9(2)17-8)4-6-14(21)19-10-3-5-13-12(7-10)20-16(23)24-13/h3,5,7H,4,6H2,1-2H3,(H,19,21)(H,20,23)(H,17,18,22). The van der Waals surface area contributed by atoms with Crippen LogP contribution in [0.25, 0.3) is 11.1 Å². The van der Waals surface area contributed by atoms with E-state index in [1.807, 2.05) is 0 Å². The summed E-state index contributed by atoms with van der Waals surface area (Å²) in [4.78, 5) is 44.5. The Morgan fingerprint density at radius 2 is 2.04 bits per heavy atom. The average Bonchev–Trinajstić information content (AvgIpc) is 2.85. The first-order valence-corrected chi connectivity index (χ1v) is 7.41. The number of aromatic nitrogens is 3. The molecule has 0 radical (unpaired) electrons. The SMILES string of the molecule is Cc1nc(C)c(CCC(=O)Nc2ccc3oc(=O)[nH]c3c2)c(=O)[nH]1. The Morgan fingerprint density at radius 3 is 2.79 bits per heavy atom. The number of H-pyrrole nitrogens is 2. The van der Waals surface area contributed by atoms with E-state index < -0.39 is 5.76 Å². The summed E-state index contributed by atoms with van der Waals surface area (Å²) in [5, 5.41) is 2.73. The van der Waals surface area contributed by atoms with Crippen LogP contribution in [0.1, 0.15) is 23.5 Å². The molecule has 2 aromatic heterocycles. The molecular weight excluding hydrogens is 312 g/mol. The van der Waals surface area contributed by atoms with Crippen molar-refractivity contribution in [1.82, 2.24) is 15.0 Å². The molecule has 0 saturated heterocycles. The second kappa shape index (κ2) is 6.15. The zero-order valence-corrected chi connectivity index (χ0v) is 13.2. The maximum Gasteiger partial charge on any atom is 0.417 e. The van der Waals surface area contributed by atoms with E-state index in [9.17, 15) is 14.4 Å². The number of hydrogen-bond donors (Lipinski definition) is 3. The van der Waals surface area contributed by atoms with Gasteiger partial charge in [-0.05, 0) is 38.5 Å². The molecule has 0 fully saturated rings. The molecule has 1 amide bonds. The third kappa shape index (κ3) is 3.27. The smallest absolute Gasteiger partial charge is 0.408 e. The first-order chi connectivity index (χ1) is 11.4. The summed E-state index contributed by atoms with van der Waals surface area (Å²) >= 11 is 0. The highest BCUT2D eigenvalue weighted by Crippen LogP contribution is 2.16. The van der Waals surface area contributed by atoms with E-state index in [-0.39, 0.29) is 17.9 Å². The zero-order valence-electron chi connectivity index (χ0n) is 13.2. The van der Waals surface area contributed by atoms with Crippen molar-refractivity contribution in [2.75, 3.05) is 5.32 Å². The van der Waals surface area contributed by atoms with Gasteiger partial charge in [0, 0.05) is 23.4 Å². The Balaban J connectivity index is 1.69. The van der Waals surface area contributed by atoms with Crippen molar-refractivity contribution >= 4 is 22.7 Å². The van der Waals surface area contributed by atoms with Gasteiger partial charge in [0.25, 0.3) is 5.56 Å². The van der Waals surface area contributed by atoms with Crippen LogP contribution >= 0.6 is 0 Å². The third-order valence-corrected chi connectivity index (χ3v) is 3.65. The fourth-order valence-corrected chi connectivity index (χ4v) is 2.54. The molecule has 24 heavy (non-hydrogen) atoms. The number of anilines is 1. The Labute approximate surface area is 135 Å². The van der Waals surface area contributed by atoms with Gasteiger partial charge in [0.05, 0.1) is 5.52 Å². The molecule has 3 aromatic rings. The van der Waals surface area contributed by atoms with Gasteiger partial charge in [-0.2, -0.15) is 0 Å². The molecule has 0 bridgehead atoms. The third-order valence-electron chi connectivity index (χ3n) is 3.65. The summed E-state index contributed by atoms with van der Waals surface area (Å²) in [6.45, 7) is 3.46. The van der Waals surface area contributed by atoms with Crippen molar-refractivity contribution in [2.24, 2.45) is 0 Å². The maximum absolute atomic E-state index is 12.1. The predicted octanol–water partition coefficient (Wildman–Crippen LogP) is 1.39. The number of amides is 1. The maximum atomic E-state index is 12.1. The van der Waals surface area contributed by atoms with Gasteiger partial charge < -0.3 is 14.7 Å². The normalized spacial score (nSPS) is 10.9. The minimum Gasteiger partial charge on any atom is -0.408 e. The van der Waals surface area contributed by atoms with Gasteiger partial charge in [-0.1, -0.05) is 0 Å². The summed E-state index contributed by atoms with van der Waals surface area (Å²) in [5.41, 5.74) is 2.38. The number of hydrogen-bond acceptors (Lipinski definition) is 5. The van der Waals surface area contributed by atoms with Crippen LogP contribution in [0.4, 0.5) is 5.69 Å². The fraction of sp³-hybridized carbons (Fsp3) is 0.250. The summed E-state index contributed by atoms with van der Waals surface area (Å²) < 4.78 is 4.90. The van der Waals surface area contributed by atoms with Crippen LogP contribution in [0, 0.1) is 13.8 Å². The Bertz CT molecular complexity index is 1030. The van der Waals surface area contributed by atoms with E-state index in [0.717, 1.165) is 0 Å². The largest absolute Gasteiger partial charge is 0.417 e. The number of benzene rings is 1. The molecule has 0 atom stereocenters. The molecule has 0 unspecified atom stereocenters. The number of nitrogens with zero attached hydrogens (tertiary/aromatic N) is 1. The van der Waals surface area contributed by atoms with Crippen LogP contribution in [0.5, 0.6) is 0 Å². The van der Waals surface area contributed by atoms with E-state index in [0.29, 0.717) is 40.3 Å². The second-order valence-corrected chi connectivity index (χ2v) is 5.49. The molecule has 0 spiro atoms. The van der Waals surface area contributed by atoms with Crippen molar-refractivity contribution in [3.05, 3.63) is 56.2 Å². The molecule has 3 N–H and O–H groups in total. The molecule has 124 valence electrons. The Hall–Kier alpha value is -3.16. The molecule has 0 aliphatic rings. The first-order valence-electron chi connectivity index (χ1n) is 7.41. The number of aryl methyl sites for hydroxylation is 2. The van der Waals surface area contributed by atoms with Gasteiger partial charge in [-0.15, -0.1) is 0 Å². The van der Waals surface area contributed by atoms with Gasteiger partial charge in [0.2, 0.25) is 5.91 Å². The number of carbonyl (C=O) groups excluding carboxylic acids is 1. The molecule has 0 saturated carbocycles. The molecule has 0 aliphatic heterocycles. The van der Waals surface area contributed by atoms with Crippen molar-refractivity contribution in [3.63, 3.8) is 0 Å². The van der Waals surface area contributed by atoms with Gasteiger partial charge in [-0.25, -0.2) is 9.78 Å². The van der Waals surface area contributed by atoms with Crippen molar-refractivity contribution in [3.8, 4) is 0 Å². The average molecular weight is 328 g/mol. The predicted molar refractivity (Wildman–Crippen MR) is 88.1 cm³/mol. The van der Waals surface area contributed by atoms with Crippen molar-refractivity contribution in [1.29, 1.82) is 0 Å². The number of fused-ring (bicyclic) bond motifs is 1. The molecule has 8 heteroatoms. The van der Waals surface area contributed by atoms with E-state index >= 15 is 0 Å².